The Hall–Kier alpha value is -7.21. The summed E-state index contributed by atoms with van der Waals surface area (Å²) in [5, 5.41) is 63.5. The number of fused-ring (bicyclic) bond motifs is 1. The van der Waals surface area contributed by atoms with Crippen LogP contribution in [-0.4, -0.2) is 213 Å². The van der Waals surface area contributed by atoms with E-state index in [4.69, 9.17) is 10.5 Å². The summed E-state index contributed by atoms with van der Waals surface area (Å²) in [6.45, 7) is 4.96. The normalized spacial score (nSPS) is 15.3. The van der Waals surface area contributed by atoms with Gasteiger partial charge >= 0.3 is 42.9 Å². The fourth-order valence-electron chi connectivity index (χ4n) is 9.87. The molecule has 7 amide bonds. The Morgan fingerprint density at radius 2 is 1.12 bits per heavy atom. The standard InChI is InChI=1S/C60H88N14O14.Lu/c1-2-50(76)64-25-26-66-60(87)69-59(61)65-23-8-12-49(57(85)67-36-43-14-18-47(75)19-15-43)68-58(86)56(74-37-45-10-5-6-11-46(45)38-74)44-16-20-48(21-17-44)88-35-9-24-62-51(77)13-4-3-7-22-63-52(78)39-70-27-29-71(40-53(79)80)31-33-73(42-55(83)84)34-32-72(30-28-70)41-54(81)82;/h5-6,10-11,14-21,49,56,75H,2-4,7-9,12-13,22-42H2,1H3,(H,62,77)(H,63,78)(H,64,76)(H,67,85)(H,68,86)(H,79,80)(H,81,82)(H,83,84)(H4,61,65,66,69,87);/q;+3/p-3/t49-,56+;/m1./s1. The average Bonchev–Trinajstić information content (AvgIpc) is 2.09. The summed E-state index contributed by atoms with van der Waals surface area (Å²) in [7, 11) is 0. The second-order valence-electron chi connectivity index (χ2n) is 21.5. The molecule has 3 aromatic carbocycles. The molecule has 2 atom stereocenters. The van der Waals surface area contributed by atoms with Gasteiger partial charge in [0, 0.05) is 137 Å². The minimum atomic E-state index is -1.31. The Labute approximate surface area is 548 Å². The number of rotatable bonds is 34. The summed E-state index contributed by atoms with van der Waals surface area (Å²) in [5.74, 6) is -4.83. The number of benzene rings is 3. The van der Waals surface area contributed by atoms with Crippen molar-refractivity contribution < 1.29 is 105 Å². The third-order valence-corrected chi connectivity index (χ3v) is 14.6. The van der Waals surface area contributed by atoms with Gasteiger partial charge in [-0.1, -0.05) is 61.9 Å². The van der Waals surface area contributed by atoms with Gasteiger partial charge in [-0.05, 0) is 78.6 Å². The summed E-state index contributed by atoms with van der Waals surface area (Å²) < 4.78 is 6.03. The van der Waals surface area contributed by atoms with E-state index in [-0.39, 0.29) is 164 Å². The van der Waals surface area contributed by atoms with Gasteiger partial charge in [0.05, 0.1) is 31.1 Å². The first-order valence-electron chi connectivity index (χ1n) is 29.9. The molecule has 0 saturated carbocycles. The number of aliphatic carboxylic acids is 3. The van der Waals surface area contributed by atoms with Gasteiger partial charge in [0.15, 0.2) is 5.96 Å². The first kappa shape index (κ1) is 74.3. The Morgan fingerprint density at radius 1 is 0.596 bits per heavy atom. The van der Waals surface area contributed by atoms with Crippen LogP contribution in [0.5, 0.6) is 11.5 Å². The van der Waals surface area contributed by atoms with Crippen LogP contribution < -0.4 is 63.0 Å². The Balaban J connectivity index is 0.0000169. The zero-order valence-electron chi connectivity index (χ0n) is 50.4. The SMILES string of the molecule is CCC(=O)NCCNC(=O)NC(N)=NCCC[C@@H](NC(=O)[C@H](c1ccc(OCCCNC(=O)CCCCCNC(=O)CN2CCN(CC(=O)[O-])CCN(CC(=O)[O-])CCN(CC(=O)[O-])CC2)cc1)N1Cc2ccccc2C1)C(=O)NCc1ccc(O)cc1.[Lu+3]. The van der Waals surface area contributed by atoms with Crippen LogP contribution in [0.3, 0.4) is 0 Å². The average molecular weight is 1400 g/mol. The summed E-state index contributed by atoms with van der Waals surface area (Å²) in [5.41, 5.74) is 9.51. The van der Waals surface area contributed by atoms with Crippen molar-refractivity contribution in [3.05, 3.63) is 95.1 Å². The van der Waals surface area contributed by atoms with Crippen molar-refractivity contribution >= 4 is 59.4 Å². The number of nitrogens with two attached hydrogens (primary N) is 1. The number of carboxylic acid groups (broad SMARTS) is 3. The topological polar surface area (TPSA) is 391 Å². The predicted molar refractivity (Wildman–Crippen MR) is 318 cm³/mol. The number of amides is 7. The smallest absolute Gasteiger partial charge is 0.549 e. The van der Waals surface area contributed by atoms with E-state index in [1.807, 2.05) is 41.3 Å². The maximum Gasteiger partial charge on any atom is 3.00 e. The number of guanidine groups is 1. The van der Waals surface area contributed by atoms with Crippen LogP contribution in [0.1, 0.15) is 86.6 Å². The number of aromatic hydroxyl groups is 1. The van der Waals surface area contributed by atoms with Gasteiger partial charge in [-0.2, -0.15) is 0 Å². The number of phenolic OH excluding ortho intramolecular Hbond substituents is 1. The van der Waals surface area contributed by atoms with Gasteiger partial charge in [0.25, 0.3) is 0 Å². The van der Waals surface area contributed by atoms with Crippen LogP contribution in [-0.2, 0) is 58.0 Å². The Bertz CT molecular complexity index is 2720. The monoisotopic (exact) mass is 1400 g/mol. The number of nitrogens with zero attached hydrogens (tertiary/aromatic N) is 6. The van der Waals surface area contributed by atoms with E-state index < -0.39 is 67.5 Å². The molecule has 494 valence electrons. The molecule has 0 spiro atoms. The van der Waals surface area contributed by atoms with E-state index in [2.05, 4.69) is 42.2 Å². The zero-order valence-corrected chi connectivity index (χ0v) is 52.0. The maximum absolute atomic E-state index is 14.6. The number of carbonyl (C=O) groups excluding carboxylic acids is 9. The van der Waals surface area contributed by atoms with Gasteiger partial charge in [0.2, 0.25) is 29.5 Å². The molecule has 0 aromatic heterocycles. The molecule has 0 bridgehead atoms. The molecule has 3 aromatic rings. The van der Waals surface area contributed by atoms with Gasteiger partial charge in [-0.25, -0.2) is 4.79 Å². The van der Waals surface area contributed by atoms with Crippen LogP contribution in [0.4, 0.5) is 4.79 Å². The number of phenols is 1. The second kappa shape index (κ2) is 41.2. The van der Waals surface area contributed by atoms with Gasteiger partial charge in [-0.3, -0.25) is 58.8 Å². The van der Waals surface area contributed by atoms with Crippen molar-refractivity contribution in [2.75, 3.05) is 118 Å². The van der Waals surface area contributed by atoms with Crippen LogP contribution in [0.25, 0.3) is 0 Å². The van der Waals surface area contributed by atoms with Gasteiger partial charge in [0.1, 0.15) is 23.6 Å². The molecule has 28 nitrogen and oxygen atoms in total. The van der Waals surface area contributed by atoms with Crippen LogP contribution in [0.2, 0.25) is 0 Å². The molecule has 2 aliphatic rings. The number of carboxylic acids is 3. The third kappa shape index (κ3) is 29.8. The molecule has 1 saturated heterocycles. The fraction of sp³-hybridized carbons (Fsp3) is 0.533. The number of ether oxygens (including phenoxy) is 1. The van der Waals surface area contributed by atoms with E-state index in [0.29, 0.717) is 82.6 Å². The molecule has 0 radical (unpaired) electrons. The molecule has 10 N–H and O–H groups in total. The number of unbranched alkanes of at least 4 members (excludes halogenated alkanes) is 2. The minimum absolute atomic E-state index is 0. The first-order chi connectivity index (χ1) is 42.3. The van der Waals surface area contributed by atoms with Crippen molar-refractivity contribution in [1.29, 1.82) is 0 Å². The number of urea groups is 1. The minimum Gasteiger partial charge on any atom is -0.549 e. The van der Waals surface area contributed by atoms with E-state index in [9.17, 15) is 63.6 Å². The van der Waals surface area contributed by atoms with Crippen molar-refractivity contribution in [2.24, 2.45) is 10.7 Å². The van der Waals surface area contributed by atoms with E-state index in [1.165, 1.54) is 12.1 Å². The molecule has 0 aliphatic carbocycles. The van der Waals surface area contributed by atoms with Crippen LogP contribution >= 0.6 is 0 Å². The third-order valence-electron chi connectivity index (χ3n) is 14.6. The summed E-state index contributed by atoms with van der Waals surface area (Å²) in [6.07, 6.45) is 3.47. The Morgan fingerprint density at radius 3 is 1.69 bits per heavy atom. The van der Waals surface area contributed by atoms with Gasteiger partial charge in [-0.15, -0.1) is 0 Å². The second-order valence-corrected chi connectivity index (χ2v) is 21.5. The van der Waals surface area contributed by atoms with E-state index in [0.717, 1.165) is 16.7 Å². The van der Waals surface area contributed by atoms with Crippen molar-refractivity contribution in [3.63, 3.8) is 0 Å². The zero-order chi connectivity index (χ0) is 63.6. The molecule has 2 heterocycles. The number of nitrogens with one attached hydrogen (secondary N) is 7. The maximum atomic E-state index is 14.6. The molecular weight excluding hydrogens is 1320 g/mol. The quantitative estimate of drug-likeness (QED) is 0.0157. The fourth-order valence-corrected chi connectivity index (χ4v) is 9.87. The van der Waals surface area contributed by atoms with Crippen LogP contribution in [0.15, 0.2) is 77.8 Å². The van der Waals surface area contributed by atoms with Crippen molar-refractivity contribution in [3.8, 4) is 11.5 Å². The summed E-state index contributed by atoms with van der Waals surface area (Å²) in [6, 6.07) is 19.0. The molecule has 89 heavy (non-hydrogen) atoms. The van der Waals surface area contributed by atoms with Crippen molar-refractivity contribution in [1.82, 2.24) is 61.7 Å². The molecule has 5 rings (SSSR count). The molecule has 1 fully saturated rings. The van der Waals surface area contributed by atoms with E-state index >= 15 is 0 Å². The summed E-state index contributed by atoms with van der Waals surface area (Å²) in [4.78, 5) is 125. The molecule has 2 aliphatic heterocycles. The molecular formula is C60H85LuN14O14. The van der Waals surface area contributed by atoms with E-state index in [1.54, 1.807) is 50.8 Å². The number of hydrogen-bond acceptors (Lipinski definition) is 20. The number of aliphatic imine (C=N–C) groups is 1. The summed E-state index contributed by atoms with van der Waals surface area (Å²) >= 11 is 0. The van der Waals surface area contributed by atoms with Gasteiger partial charge < -0.3 is 77.2 Å². The van der Waals surface area contributed by atoms with Crippen LogP contribution in [0, 0.1) is 36.9 Å². The van der Waals surface area contributed by atoms with Crippen molar-refractivity contribution in [2.45, 2.75) is 90.0 Å². The number of hydrogen-bond donors (Lipinski definition) is 9. The Kier molecular flexibility index (Phi) is 34.3. The first-order valence-corrected chi connectivity index (χ1v) is 29.9. The number of carbonyl (C=O) groups is 9. The molecule has 0 unspecified atom stereocenters. The largest absolute Gasteiger partial charge is 3.00 e. The predicted octanol–water partition coefficient (Wildman–Crippen LogP) is -3.80. The molecule has 29 heteroatoms.